The third-order valence-corrected chi connectivity index (χ3v) is 5.19. The number of nitrogens with zero attached hydrogens (tertiary/aromatic N) is 3. The topological polar surface area (TPSA) is 133 Å². The Morgan fingerprint density at radius 2 is 2.00 bits per heavy atom. The molecule has 1 aliphatic heterocycles. The number of nitrogens with one attached hydrogen (secondary N) is 2. The second kappa shape index (κ2) is 9.53. The molecule has 2 aromatic rings. The van der Waals surface area contributed by atoms with E-state index in [1.165, 1.54) is 16.4 Å². The maximum Gasteiger partial charge on any atom is 0.337 e. The van der Waals surface area contributed by atoms with Crippen LogP contribution in [-0.4, -0.2) is 45.8 Å². The summed E-state index contributed by atoms with van der Waals surface area (Å²) in [6, 6.07) is 5.55. The molecule has 30 heavy (non-hydrogen) atoms. The molecule has 2 amide bonds. The number of urea groups is 1. The summed E-state index contributed by atoms with van der Waals surface area (Å²) in [5.41, 5.74) is 3.03. The predicted molar refractivity (Wildman–Crippen MR) is 111 cm³/mol. The summed E-state index contributed by atoms with van der Waals surface area (Å²) in [6.07, 6.45) is 0. The van der Waals surface area contributed by atoms with Crippen LogP contribution >= 0.6 is 11.8 Å². The highest BCUT2D eigenvalue weighted by Crippen LogP contribution is 2.21. The van der Waals surface area contributed by atoms with Gasteiger partial charge in [0.05, 0.1) is 18.7 Å². The van der Waals surface area contributed by atoms with Crippen molar-refractivity contribution in [3.8, 4) is 5.75 Å². The summed E-state index contributed by atoms with van der Waals surface area (Å²) in [5, 5.41) is 13.8. The van der Waals surface area contributed by atoms with Crippen molar-refractivity contribution >= 4 is 23.8 Å². The zero-order chi connectivity index (χ0) is 21.7. The molecule has 10 nitrogen and oxygen atoms in total. The molecule has 11 heteroatoms. The van der Waals surface area contributed by atoms with Gasteiger partial charge in [-0.3, -0.25) is 0 Å². The molecule has 0 saturated heterocycles. The van der Waals surface area contributed by atoms with E-state index in [0.29, 0.717) is 22.3 Å². The van der Waals surface area contributed by atoms with Gasteiger partial charge < -0.3 is 25.9 Å². The summed E-state index contributed by atoms with van der Waals surface area (Å²) in [7, 11) is 0. The molecule has 0 aliphatic carbocycles. The van der Waals surface area contributed by atoms with Crippen molar-refractivity contribution in [3.05, 3.63) is 46.4 Å². The number of thioether (sulfide) groups is 1. The number of hydrogen-bond acceptors (Lipinski definition) is 8. The molecule has 0 atom stereocenters. The lowest BCUT2D eigenvalue weighted by atomic mass is 10.1. The monoisotopic (exact) mass is 432 g/mol. The zero-order valence-electron chi connectivity index (χ0n) is 17.0. The van der Waals surface area contributed by atoms with Crippen LogP contribution < -0.4 is 21.2 Å². The highest BCUT2D eigenvalue weighted by atomic mass is 32.2. The molecule has 2 heterocycles. The third-order valence-electron chi connectivity index (χ3n) is 4.22. The Hall–Kier alpha value is -3.21. The van der Waals surface area contributed by atoms with E-state index in [2.05, 4.69) is 26.9 Å². The van der Waals surface area contributed by atoms with Gasteiger partial charge in [0.1, 0.15) is 12.4 Å². The van der Waals surface area contributed by atoms with Crippen molar-refractivity contribution in [1.82, 2.24) is 25.5 Å². The van der Waals surface area contributed by atoms with Gasteiger partial charge in [-0.15, -0.1) is 10.2 Å². The highest BCUT2D eigenvalue weighted by molar-refractivity contribution is 7.99. The van der Waals surface area contributed by atoms with Gasteiger partial charge in [-0.05, 0) is 44.0 Å². The average molecular weight is 433 g/mol. The van der Waals surface area contributed by atoms with Crippen molar-refractivity contribution in [2.24, 2.45) is 0 Å². The zero-order valence-corrected chi connectivity index (χ0v) is 17.8. The van der Waals surface area contributed by atoms with Crippen LogP contribution in [0.1, 0.15) is 23.9 Å². The smallest absolute Gasteiger partial charge is 0.337 e. The lowest BCUT2D eigenvalue weighted by Gasteiger charge is -2.20. The van der Waals surface area contributed by atoms with Crippen LogP contribution in [0.15, 0.2) is 34.6 Å². The van der Waals surface area contributed by atoms with Gasteiger partial charge in [-0.1, -0.05) is 17.8 Å². The summed E-state index contributed by atoms with van der Waals surface area (Å²) >= 11 is 1.24. The molecule has 160 valence electrons. The summed E-state index contributed by atoms with van der Waals surface area (Å²) in [5.74, 6) is 7.07. The standard InChI is InChI=1S/C19H24N6O4S/c1-4-28-17(26)14-8-21-18(27)22-15(14)10-30-19-24-23-16(25(19)20)9-29-13-6-11(2)5-12(3)7-13/h5-7H,4,8-10,20H2,1-3H3,(H2,21,22,27). The van der Waals surface area contributed by atoms with Crippen LogP contribution in [0.5, 0.6) is 5.75 Å². The number of aromatic nitrogens is 3. The van der Waals surface area contributed by atoms with Crippen molar-refractivity contribution in [3.63, 3.8) is 0 Å². The number of benzene rings is 1. The van der Waals surface area contributed by atoms with Crippen molar-refractivity contribution < 1.29 is 19.1 Å². The van der Waals surface area contributed by atoms with E-state index in [-0.39, 0.29) is 31.5 Å². The van der Waals surface area contributed by atoms with Crippen LogP contribution in [0.2, 0.25) is 0 Å². The lowest BCUT2D eigenvalue weighted by molar-refractivity contribution is -0.138. The Labute approximate surface area is 178 Å². The maximum absolute atomic E-state index is 12.1. The number of rotatable bonds is 8. The minimum Gasteiger partial charge on any atom is -0.486 e. The van der Waals surface area contributed by atoms with Crippen LogP contribution in [0.3, 0.4) is 0 Å². The first kappa shape index (κ1) is 21.5. The van der Waals surface area contributed by atoms with E-state index in [1.807, 2.05) is 26.0 Å². The molecular formula is C19H24N6O4S. The van der Waals surface area contributed by atoms with Crippen LogP contribution in [0.4, 0.5) is 4.79 Å². The molecule has 1 aromatic heterocycles. The first-order valence-corrected chi connectivity index (χ1v) is 10.3. The largest absolute Gasteiger partial charge is 0.486 e. The summed E-state index contributed by atoms with van der Waals surface area (Å²) in [4.78, 5) is 23.8. The van der Waals surface area contributed by atoms with Gasteiger partial charge in [-0.25, -0.2) is 14.3 Å². The predicted octanol–water partition coefficient (Wildman–Crippen LogP) is 1.41. The SMILES string of the molecule is CCOC(=O)C1=C(CSc2nnc(COc3cc(C)cc(C)c3)n2N)NC(=O)NC1. The summed E-state index contributed by atoms with van der Waals surface area (Å²) in [6.45, 7) is 6.23. The Kier molecular flexibility index (Phi) is 6.83. The number of ether oxygens (including phenoxy) is 2. The van der Waals surface area contributed by atoms with Crippen LogP contribution in [0.25, 0.3) is 0 Å². The Balaban J connectivity index is 1.66. The maximum atomic E-state index is 12.1. The Morgan fingerprint density at radius 3 is 2.70 bits per heavy atom. The molecule has 0 unspecified atom stereocenters. The first-order valence-electron chi connectivity index (χ1n) is 9.34. The second-order valence-electron chi connectivity index (χ2n) is 6.65. The fraction of sp³-hybridized carbons (Fsp3) is 0.368. The first-order chi connectivity index (χ1) is 14.4. The Bertz CT molecular complexity index is 967. The van der Waals surface area contributed by atoms with Gasteiger partial charge in [0, 0.05) is 11.4 Å². The van der Waals surface area contributed by atoms with Crippen LogP contribution in [0, 0.1) is 13.8 Å². The van der Waals surface area contributed by atoms with Crippen molar-refractivity contribution in [2.45, 2.75) is 32.5 Å². The fourth-order valence-corrected chi connectivity index (χ4v) is 3.74. The van der Waals surface area contributed by atoms with Gasteiger partial charge in [0.15, 0.2) is 5.82 Å². The van der Waals surface area contributed by atoms with E-state index >= 15 is 0 Å². The lowest BCUT2D eigenvalue weighted by Crippen LogP contribution is -2.44. The quantitative estimate of drug-likeness (QED) is 0.324. The number of carbonyl (C=O) groups is 2. The highest BCUT2D eigenvalue weighted by Gasteiger charge is 2.24. The number of nitrogens with two attached hydrogens (primary N) is 1. The number of carbonyl (C=O) groups excluding carboxylic acids is 2. The van der Waals surface area contributed by atoms with Crippen LogP contribution in [-0.2, 0) is 16.1 Å². The number of aryl methyl sites for hydroxylation is 2. The molecule has 1 aromatic carbocycles. The average Bonchev–Trinajstić information content (AvgIpc) is 3.04. The minimum absolute atomic E-state index is 0.102. The molecule has 0 fully saturated rings. The molecule has 0 radical (unpaired) electrons. The van der Waals surface area contributed by atoms with Crippen molar-refractivity contribution in [1.29, 1.82) is 0 Å². The number of esters is 1. The molecule has 0 saturated carbocycles. The molecular weight excluding hydrogens is 408 g/mol. The third kappa shape index (κ3) is 5.23. The molecule has 0 spiro atoms. The fourth-order valence-electron chi connectivity index (χ4n) is 2.87. The van der Waals surface area contributed by atoms with E-state index < -0.39 is 5.97 Å². The number of hydrogen-bond donors (Lipinski definition) is 3. The molecule has 3 rings (SSSR count). The molecule has 1 aliphatic rings. The van der Waals surface area contributed by atoms with Gasteiger partial charge in [0.25, 0.3) is 0 Å². The Morgan fingerprint density at radius 1 is 1.27 bits per heavy atom. The summed E-state index contributed by atoms with van der Waals surface area (Å²) < 4.78 is 12.2. The number of amides is 2. The second-order valence-corrected chi connectivity index (χ2v) is 7.60. The number of nitrogen functional groups attached to an aromatic ring is 1. The van der Waals surface area contributed by atoms with E-state index in [4.69, 9.17) is 15.3 Å². The van der Waals surface area contributed by atoms with E-state index in [9.17, 15) is 9.59 Å². The van der Waals surface area contributed by atoms with E-state index in [0.717, 1.165) is 16.9 Å². The van der Waals surface area contributed by atoms with Crippen molar-refractivity contribution in [2.75, 3.05) is 24.7 Å². The van der Waals surface area contributed by atoms with E-state index in [1.54, 1.807) is 6.92 Å². The normalized spacial score (nSPS) is 13.6. The van der Waals surface area contributed by atoms with Gasteiger partial charge in [-0.2, -0.15) is 0 Å². The van der Waals surface area contributed by atoms with Gasteiger partial charge >= 0.3 is 12.0 Å². The van der Waals surface area contributed by atoms with Gasteiger partial charge in [0.2, 0.25) is 5.16 Å². The molecule has 4 N–H and O–H groups in total. The minimum atomic E-state index is -0.475. The molecule has 0 bridgehead atoms.